The van der Waals surface area contributed by atoms with Gasteiger partial charge in [-0.05, 0) is 12.3 Å². The molecule has 0 saturated carbocycles. The van der Waals surface area contributed by atoms with Gasteiger partial charge in [0.25, 0.3) is 0 Å². The summed E-state index contributed by atoms with van der Waals surface area (Å²) >= 11 is 0. The highest BCUT2D eigenvalue weighted by molar-refractivity contribution is 5.81. The number of carbonyl (C=O) groups is 1. The maximum absolute atomic E-state index is 11.6. The van der Waals surface area contributed by atoms with Crippen LogP contribution in [0.1, 0.15) is 26.1 Å². The molecule has 0 radical (unpaired) electrons. The fourth-order valence-electron chi connectivity index (χ4n) is 1.52. The van der Waals surface area contributed by atoms with Gasteiger partial charge in [-0.1, -0.05) is 13.8 Å². The third-order valence-corrected chi connectivity index (χ3v) is 2.53. The van der Waals surface area contributed by atoms with E-state index in [0.717, 1.165) is 18.7 Å². The molecule has 17 heavy (non-hydrogen) atoms. The monoisotopic (exact) mass is 234 g/mol. The van der Waals surface area contributed by atoms with Crippen molar-refractivity contribution in [2.24, 2.45) is 11.8 Å². The van der Waals surface area contributed by atoms with Gasteiger partial charge in [0.2, 0.25) is 5.91 Å². The number of amides is 1. The van der Waals surface area contributed by atoms with E-state index in [-0.39, 0.29) is 11.8 Å². The minimum atomic E-state index is -0.557. The zero-order valence-electron chi connectivity index (χ0n) is 10.2. The molecule has 1 atom stereocenters. The molecule has 1 rings (SSSR count). The van der Waals surface area contributed by atoms with E-state index < -0.39 is 5.92 Å². The minimum absolute atomic E-state index is 0.0464. The van der Waals surface area contributed by atoms with Gasteiger partial charge >= 0.3 is 0 Å². The Morgan fingerprint density at radius 3 is 2.94 bits per heavy atom. The Morgan fingerprint density at radius 2 is 2.41 bits per heavy atom. The number of nitrogens with zero attached hydrogens (tertiary/aromatic N) is 2. The molecule has 92 valence electrons. The van der Waals surface area contributed by atoms with Gasteiger partial charge in [-0.15, -0.1) is 0 Å². The Kier molecular flexibility index (Phi) is 5.21. The third-order valence-electron chi connectivity index (χ3n) is 2.53. The number of aromatic nitrogens is 2. The van der Waals surface area contributed by atoms with E-state index in [1.807, 2.05) is 19.9 Å². The first-order chi connectivity index (χ1) is 8.15. The molecule has 1 heterocycles. The van der Waals surface area contributed by atoms with Crippen molar-refractivity contribution in [2.45, 2.75) is 26.7 Å². The molecule has 5 nitrogen and oxygen atoms in total. The summed E-state index contributed by atoms with van der Waals surface area (Å²) in [5.41, 5.74) is 0. The quantitative estimate of drug-likeness (QED) is 0.727. The van der Waals surface area contributed by atoms with Crippen molar-refractivity contribution < 1.29 is 4.79 Å². The van der Waals surface area contributed by atoms with Crippen molar-refractivity contribution in [1.82, 2.24) is 15.3 Å². The molecule has 1 aromatic heterocycles. The van der Waals surface area contributed by atoms with Crippen molar-refractivity contribution >= 4 is 5.91 Å². The topological polar surface area (TPSA) is 81.6 Å². The second-order valence-corrected chi connectivity index (χ2v) is 4.28. The van der Waals surface area contributed by atoms with Crippen LogP contribution in [-0.2, 0) is 11.2 Å². The van der Waals surface area contributed by atoms with Crippen molar-refractivity contribution in [2.75, 3.05) is 6.54 Å². The van der Waals surface area contributed by atoms with Gasteiger partial charge in [0.15, 0.2) is 0 Å². The molecule has 0 aliphatic rings. The van der Waals surface area contributed by atoms with Gasteiger partial charge in [0.05, 0.1) is 6.07 Å². The molecule has 1 unspecified atom stereocenters. The molecule has 1 aromatic rings. The van der Waals surface area contributed by atoms with E-state index in [4.69, 9.17) is 5.26 Å². The lowest BCUT2D eigenvalue weighted by molar-refractivity contribution is -0.124. The summed E-state index contributed by atoms with van der Waals surface area (Å²) in [4.78, 5) is 18.7. The van der Waals surface area contributed by atoms with Crippen LogP contribution in [0.15, 0.2) is 12.4 Å². The number of H-pyrrole nitrogens is 1. The summed E-state index contributed by atoms with van der Waals surface area (Å²) in [5, 5.41) is 11.6. The molecule has 0 aromatic carbocycles. The summed E-state index contributed by atoms with van der Waals surface area (Å²) in [6, 6.07) is 2.03. The van der Waals surface area contributed by atoms with E-state index >= 15 is 0 Å². The summed E-state index contributed by atoms with van der Waals surface area (Å²) in [5.74, 6) is 0.227. The number of imidazole rings is 1. The second-order valence-electron chi connectivity index (χ2n) is 4.28. The Bertz CT molecular complexity index is 378. The summed E-state index contributed by atoms with van der Waals surface area (Å²) < 4.78 is 0. The maximum Gasteiger partial charge on any atom is 0.237 e. The lowest BCUT2D eigenvalue weighted by atomic mass is 9.97. The van der Waals surface area contributed by atoms with E-state index in [1.165, 1.54) is 0 Å². The first kappa shape index (κ1) is 13.2. The fourth-order valence-corrected chi connectivity index (χ4v) is 1.52. The van der Waals surface area contributed by atoms with Crippen molar-refractivity contribution in [3.63, 3.8) is 0 Å². The molecule has 5 heteroatoms. The van der Waals surface area contributed by atoms with Crippen LogP contribution >= 0.6 is 0 Å². The highest BCUT2D eigenvalue weighted by Gasteiger charge is 2.20. The molecule has 0 bridgehead atoms. The average Bonchev–Trinajstić information content (AvgIpc) is 2.77. The molecule has 2 N–H and O–H groups in total. The smallest absolute Gasteiger partial charge is 0.237 e. The Morgan fingerprint density at radius 1 is 1.65 bits per heavy atom. The maximum atomic E-state index is 11.6. The number of aromatic amines is 1. The van der Waals surface area contributed by atoms with Gasteiger partial charge in [-0.3, -0.25) is 4.79 Å². The number of hydrogen-bond donors (Lipinski definition) is 2. The molecule has 0 aliphatic carbocycles. The average molecular weight is 234 g/mol. The minimum Gasteiger partial charge on any atom is -0.355 e. The normalized spacial score (nSPS) is 12.1. The number of carbonyl (C=O) groups excluding carboxylic acids is 1. The first-order valence-electron chi connectivity index (χ1n) is 5.80. The molecular weight excluding hydrogens is 216 g/mol. The Hall–Kier alpha value is -1.83. The van der Waals surface area contributed by atoms with Crippen LogP contribution in [0.5, 0.6) is 0 Å². The van der Waals surface area contributed by atoms with Crippen LogP contribution in [0.4, 0.5) is 0 Å². The largest absolute Gasteiger partial charge is 0.355 e. The lowest BCUT2D eigenvalue weighted by Crippen LogP contribution is -2.33. The SMILES string of the molecule is CC(C)C(C#N)C(=O)NCCCc1ncc[nH]1. The van der Waals surface area contributed by atoms with Crippen LogP contribution in [0.2, 0.25) is 0 Å². The van der Waals surface area contributed by atoms with Gasteiger partial charge < -0.3 is 10.3 Å². The predicted molar refractivity (Wildman–Crippen MR) is 63.9 cm³/mol. The number of rotatable bonds is 6. The van der Waals surface area contributed by atoms with E-state index in [1.54, 1.807) is 12.4 Å². The number of nitrogens with one attached hydrogen (secondary N) is 2. The van der Waals surface area contributed by atoms with Crippen LogP contribution in [-0.4, -0.2) is 22.4 Å². The zero-order valence-corrected chi connectivity index (χ0v) is 10.2. The molecule has 1 amide bonds. The van der Waals surface area contributed by atoms with Crippen LogP contribution in [0, 0.1) is 23.2 Å². The van der Waals surface area contributed by atoms with E-state index in [2.05, 4.69) is 15.3 Å². The van der Waals surface area contributed by atoms with Crippen molar-refractivity contribution in [3.05, 3.63) is 18.2 Å². The zero-order chi connectivity index (χ0) is 12.7. The van der Waals surface area contributed by atoms with Crippen LogP contribution in [0.25, 0.3) is 0 Å². The van der Waals surface area contributed by atoms with Gasteiger partial charge in [-0.25, -0.2) is 4.98 Å². The first-order valence-corrected chi connectivity index (χ1v) is 5.80. The molecule has 0 spiro atoms. The second kappa shape index (κ2) is 6.69. The van der Waals surface area contributed by atoms with Crippen LogP contribution in [0.3, 0.4) is 0 Å². The predicted octanol–water partition coefficient (Wildman–Crippen LogP) is 1.25. The fraction of sp³-hybridized carbons (Fsp3) is 0.583. The summed E-state index contributed by atoms with van der Waals surface area (Å²) in [7, 11) is 0. The summed E-state index contributed by atoms with van der Waals surface area (Å²) in [6.07, 6.45) is 5.10. The molecule has 0 saturated heterocycles. The number of hydrogen-bond acceptors (Lipinski definition) is 3. The third kappa shape index (κ3) is 4.27. The van der Waals surface area contributed by atoms with Gasteiger partial charge in [0.1, 0.15) is 11.7 Å². The standard InChI is InChI=1S/C12H18N4O/c1-9(2)10(8-13)12(17)16-5-3-4-11-14-6-7-15-11/h6-7,9-10H,3-5H2,1-2H3,(H,14,15)(H,16,17). The highest BCUT2D eigenvalue weighted by atomic mass is 16.1. The van der Waals surface area contributed by atoms with Crippen molar-refractivity contribution in [1.29, 1.82) is 5.26 Å². The van der Waals surface area contributed by atoms with E-state index in [0.29, 0.717) is 6.54 Å². The molecule has 0 aliphatic heterocycles. The Balaban J connectivity index is 2.22. The molecule has 0 fully saturated rings. The molecular formula is C12H18N4O. The van der Waals surface area contributed by atoms with Gasteiger partial charge in [-0.2, -0.15) is 5.26 Å². The lowest BCUT2D eigenvalue weighted by Gasteiger charge is -2.12. The Labute approximate surface area is 101 Å². The highest BCUT2D eigenvalue weighted by Crippen LogP contribution is 2.09. The summed E-state index contributed by atoms with van der Waals surface area (Å²) in [6.45, 7) is 4.32. The van der Waals surface area contributed by atoms with E-state index in [9.17, 15) is 4.79 Å². The number of nitriles is 1. The van der Waals surface area contributed by atoms with Crippen LogP contribution < -0.4 is 5.32 Å². The number of aryl methyl sites for hydroxylation is 1. The van der Waals surface area contributed by atoms with Gasteiger partial charge in [0, 0.05) is 25.4 Å². The van der Waals surface area contributed by atoms with Crippen molar-refractivity contribution in [3.8, 4) is 6.07 Å².